The first-order chi connectivity index (χ1) is 13.0. The van der Waals surface area contributed by atoms with Gasteiger partial charge in [-0.2, -0.15) is 0 Å². The van der Waals surface area contributed by atoms with Gasteiger partial charge in [0.1, 0.15) is 5.75 Å². The van der Waals surface area contributed by atoms with Crippen molar-refractivity contribution in [2.75, 3.05) is 18.2 Å². The Morgan fingerprint density at radius 2 is 1.85 bits per heavy atom. The third kappa shape index (κ3) is 5.01. The summed E-state index contributed by atoms with van der Waals surface area (Å²) in [6.45, 7) is 3.97. The largest absolute Gasteiger partial charge is 0.497 e. The maximum Gasteiger partial charge on any atom is 0.277 e. The van der Waals surface area contributed by atoms with Gasteiger partial charge in [0.15, 0.2) is 0 Å². The summed E-state index contributed by atoms with van der Waals surface area (Å²) in [5, 5.41) is 11.3. The average Bonchev–Trinajstić information content (AvgIpc) is 3.12. The number of halogens is 1. The standard InChI is InChI=1S/C19H18IN3O3S/c1-11-8-14(20)9-12(2)17(11)21-16(24)10-27-19-23-22-18(26-19)13-4-6-15(25-3)7-5-13/h4-9H,10H2,1-3H3,(H,21,24). The topological polar surface area (TPSA) is 77.2 Å². The van der Waals surface area contributed by atoms with E-state index in [1.165, 1.54) is 11.8 Å². The van der Waals surface area contributed by atoms with Crippen molar-refractivity contribution < 1.29 is 13.9 Å². The fourth-order valence-corrected chi connectivity index (χ4v) is 4.03. The summed E-state index contributed by atoms with van der Waals surface area (Å²) in [6.07, 6.45) is 0. The first-order valence-corrected chi connectivity index (χ1v) is 10.2. The fourth-order valence-electron chi connectivity index (χ4n) is 2.53. The monoisotopic (exact) mass is 495 g/mol. The van der Waals surface area contributed by atoms with Crippen LogP contribution in [0, 0.1) is 17.4 Å². The van der Waals surface area contributed by atoms with E-state index in [0.29, 0.717) is 11.1 Å². The number of carbonyl (C=O) groups is 1. The average molecular weight is 495 g/mol. The van der Waals surface area contributed by atoms with Gasteiger partial charge in [0.25, 0.3) is 5.22 Å². The highest BCUT2D eigenvalue weighted by Crippen LogP contribution is 2.26. The van der Waals surface area contributed by atoms with Gasteiger partial charge in [-0.05, 0) is 84.0 Å². The highest BCUT2D eigenvalue weighted by molar-refractivity contribution is 14.1. The number of anilines is 1. The molecule has 0 unspecified atom stereocenters. The molecule has 0 radical (unpaired) electrons. The Labute approximate surface area is 175 Å². The molecular weight excluding hydrogens is 477 g/mol. The Morgan fingerprint density at radius 1 is 1.19 bits per heavy atom. The lowest BCUT2D eigenvalue weighted by Crippen LogP contribution is -2.16. The minimum atomic E-state index is -0.114. The number of ether oxygens (including phenoxy) is 1. The highest BCUT2D eigenvalue weighted by atomic mass is 127. The zero-order valence-electron chi connectivity index (χ0n) is 15.1. The van der Waals surface area contributed by atoms with Gasteiger partial charge in [-0.3, -0.25) is 4.79 Å². The lowest BCUT2D eigenvalue weighted by Gasteiger charge is -2.11. The zero-order valence-corrected chi connectivity index (χ0v) is 18.1. The van der Waals surface area contributed by atoms with Crippen LogP contribution in [0.2, 0.25) is 0 Å². The molecule has 6 nitrogen and oxygen atoms in total. The van der Waals surface area contributed by atoms with Gasteiger partial charge in [0.2, 0.25) is 11.8 Å². The molecule has 1 amide bonds. The predicted molar refractivity (Wildman–Crippen MR) is 114 cm³/mol. The van der Waals surface area contributed by atoms with E-state index in [-0.39, 0.29) is 11.7 Å². The molecule has 0 aliphatic carbocycles. The number of rotatable bonds is 6. The number of carbonyl (C=O) groups excluding carboxylic acids is 1. The summed E-state index contributed by atoms with van der Waals surface area (Å²) in [6, 6.07) is 11.4. The van der Waals surface area contributed by atoms with Gasteiger partial charge in [-0.15, -0.1) is 10.2 Å². The minimum Gasteiger partial charge on any atom is -0.497 e. The summed E-state index contributed by atoms with van der Waals surface area (Å²) in [7, 11) is 1.61. The van der Waals surface area contributed by atoms with Crippen LogP contribution in [0.1, 0.15) is 11.1 Å². The molecule has 3 rings (SSSR count). The van der Waals surface area contributed by atoms with Crippen LogP contribution < -0.4 is 10.1 Å². The molecule has 3 aromatic rings. The van der Waals surface area contributed by atoms with Crippen molar-refractivity contribution in [1.82, 2.24) is 10.2 Å². The Hall–Kier alpha value is -2.07. The van der Waals surface area contributed by atoms with Crippen molar-refractivity contribution in [2.24, 2.45) is 0 Å². The molecule has 0 aliphatic rings. The second kappa shape index (κ2) is 8.75. The fraction of sp³-hybridized carbons (Fsp3) is 0.211. The maximum atomic E-state index is 12.3. The van der Waals surface area contributed by atoms with E-state index >= 15 is 0 Å². The molecule has 0 fully saturated rings. The van der Waals surface area contributed by atoms with E-state index in [0.717, 1.165) is 31.7 Å². The Morgan fingerprint density at radius 3 is 2.48 bits per heavy atom. The first-order valence-electron chi connectivity index (χ1n) is 8.13. The SMILES string of the molecule is COc1ccc(-c2nnc(SCC(=O)Nc3c(C)cc(I)cc3C)o2)cc1. The van der Waals surface area contributed by atoms with Gasteiger partial charge in [0, 0.05) is 14.8 Å². The number of nitrogens with zero attached hydrogens (tertiary/aromatic N) is 2. The molecule has 1 heterocycles. The molecular formula is C19H18IN3O3S. The van der Waals surface area contributed by atoms with Crippen molar-refractivity contribution in [2.45, 2.75) is 19.1 Å². The van der Waals surface area contributed by atoms with Crippen LogP contribution in [-0.2, 0) is 4.79 Å². The molecule has 0 bridgehead atoms. The number of hydrogen-bond donors (Lipinski definition) is 1. The van der Waals surface area contributed by atoms with E-state index in [2.05, 4.69) is 38.1 Å². The molecule has 1 aromatic heterocycles. The minimum absolute atomic E-state index is 0.114. The number of aryl methyl sites for hydroxylation is 2. The molecule has 0 atom stereocenters. The van der Waals surface area contributed by atoms with Crippen LogP contribution in [0.4, 0.5) is 5.69 Å². The number of hydrogen-bond acceptors (Lipinski definition) is 6. The van der Waals surface area contributed by atoms with E-state index in [1.54, 1.807) is 7.11 Å². The third-order valence-corrected chi connectivity index (χ3v) is 5.27. The van der Waals surface area contributed by atoms with Crippen molar-refractivity contribution in [3.8, 4) is 17.2 Å². The quantitative estimate of drug-likeness (QED) is 0.395. The van der Waals surface area contributed by atoms with Crippen molar-refractivity contribution in [3.05, 3.63) is 51.1 Å². The first kappa shape index (κ1) is 19.7. The van der Waals surface area contributed by atoms with Gasteiger partial charge in [-0.1, -0.05) is 11.8 Å². The predicted octanol–water partition coefficient (Wildman–Crippen LogP) is 4.70. The molecule has 27 heavy (non-hydrogen) atoms. The smallest absolute Gasteiger partial charge is 0.277 e. The summed E-state index contributed by atoms with van der Waals surface area (Å²) >= 11 is 3.47. The van der Waals surface area contributed by atoms with Crippen LogP contribution in [-0.4, -0.2) is 29.0 Å². The van der Waals surface area contributed by atoms with E-state index < -0.39 is 0 Å². The molecule has 0 aliphatic heterocycles. The van der Waals surface area contributed by atoms with Gasteiger partial charge >= 0.3 is 0 Å². The molecule has 0 saturated carbocycles. The second-order valence-corrected chi connectivity index (χ2v) is 8.03. The number of nitrogens with one attached hydrogen (secondary N) is 1. The normalized spacial score (nSPS) is 10.7. The molecule has 1 N–H and O–H groups in total. The Bertz CT molecular complexity index is 934. The van der Waals surface area contributed by atoms with Gasteiger partial charge < -0.3 is 14.5 Å². The maximum absolute atomic E-state index is 12.3. The Kier molecular flexibility index (Phi) is 6.38. The number of methoxy groups -OCH3 is 1. The van der Waals surface area contributed by atoms with Gasteiger partial charge in [-0.25, -0.2) is 0 Å². The summed E-state index contributed by atoms with van der Waals surface area (Å²) < 4.78 is 11.9. The summed E-state index contributed by atoms with van der Waals surface area (Å²) in [5.74, 6) is 1.24. The van der Waals surface area contributed by atoms with Crippen LogP contribution in [0.15, 0.2) is 46.0 Å². The molecule has 8 heteroatoms. The van der Waals surface area contributed by atoms with Gasteiger partial charge in [0.05, 0.1) is 12.9 Å². The van der Waals surface area contributed by atoms with E-state index in [9.17, 15) is 4.79 Å². The molecule has 140 valence electrons. The summed E-state index contributed by atoms with van der Waals surface area (Å²) in [4.78, 5) is 12.3. The summed E-state index contributed by atoms with van der Waals surface area (Å²) in [5.41, 5.74) is 3.73. The van der Waals surface area contributed by atoms with Crippen LogP contribution in [0.5, 0.6) is 5.75 Å². The van der Waals surface area contributed by atoms with E-state index in [4.69, 9.17) is 9.15 Å². The number of benzene rings is 2. The number of amides is 1. The van der Waals surface area contributed by atoms with Crippen LogP contribution >= 0.6 is 34.4 Å². The van der Waals surface area contributed by atoms with E-state index in [1.807, 2.05) is 50.2 Å². The Balaban J connectivity index is 1.60. The third-order valence-electron chi connectivity index (χ3n) is 3.83. The van der Waals surface area contributed by atoms with Crippen LogP contribution in [0.3, 0.4) is 0 Å². The molecule has 2 aromatic carbocycles. The van der Waals surface area contributed by atoms with Crippen LogP contribution in [0.25, 0.3) is 11.5 Å². The van der Waals surface area contributed by atoms with Crippen molar-refractivity contribution >= 4 is 45.9 Å². The highest BCUT2D eigenvalue weighted by Gasteiger charge is 2.13. The number of aromatic nitrogens is 2. The zero-order chi connectivity index (χ0) is 19.4. The number of thioether (sulfide) groups is 1. The molecule has 0 spiro atoms. The van der Waals surface area contributed by atoms with Crippen molar-refractivity contribution in [1.29, 1.82) is 0 Å². The molecule has 0 saturated heterocycles. The lowest BCUT2D eigenvalue weighted by atomic mass is 10.1. The van der Waals surface area contributed by atoms with Crippen molar-refractivity contribution in [3.63, 3.8) is 0 Å². The lowest BCUT2D eigenvalue weighted by molar-refractivity contribution is -0.113. The second-order valence-electron chi connectivity index (χ2n) is 5.85.